The van der Waals surface area contributed by atoms with Gasteiger partial charge in [0.15, 0.2) is 0 Å². The van der Waals surface area contributed by atoms with Gasteiger partial charge in [-0.3, -0.25) is 9.59 Å². The molecule has 0 aromatic heterocycles. The van der Waals surface area contributed by atoms with Crippen LogP contribution in [0.3, 0.4) is 0 Å². The van der Waals surface area contributed by atoms with Crippen molar-refractivity contribution in [3.8, 4) is 5.75 Å². The molecule has 0 radical (unpaired) electrons. The van der Waals surface area contributed by atoms with E-state index in [-0.39, 0.29) is 17.1 Å². The summed E-state index contributed by atoms with van der Waals surface area (Å²) in [5.41, 5.74) is 0.506. The number of carbonyl (C=O) groups excluding carboxylic acids is 2. The van der Waals surface area contributed by atoms with Crippen molar-refractivity contribution < 1.29 is 14.7 Å². The number of phenolic OH excluding ortho intramolecular Hbond substituents is 1. The van der Waals surface area contributed by atoms with Crippen LogP contribution in [-0.2, 0) is 4.79 Å². The first kappa shape index (κ1) is 17.1. The first-order valence-corrected chi connectivity index (χ1v) is 10.4. The molecule has 0 spiro atoms. The first-order chi connectivity index (χ1) is 13.0. The van der Waals surface area contributed by atoms with E-state index in [2.05, 4.69) is 0 Å². The van der Waals surface area contributed by atoms with Gasteiger partial charge in [0.1, 0.15) is 5.75 Å². The number of carbonyl (C=O) groups is 2. The molecule has 5 aliphatic rings. The van der Waals surface area contributed by atoms with E-state index in [1.165, 1.54) is 19.3 Å². The maximum Gasteiger partial charge on any atom is 0.253 e. The molecule has 2 amide bonds. The summed E-state index contributed by atoms with van der Waals surface area (Å²) < 4.78 is 0. The van der Waals surface area contributed by atoms with Crippen molar-refractivity contribution >= 4 is 11.8 Å². The zero-order valence-electron chi connectivity index (χ0n) is 15.8. The van der Waals surface area contributed by atoms with E-state index in [0.29, 0.717) is 37.6 Å². The fraction of sp³-hybridized carbons (Fsp3) is 0.636. The third kappa shape index (κ3) is 2.91. The highest BCUT2D eigenvalue weighted by atomic mass is 16.3. The molecule has 5 fully saturated rings. The van der Waals surface area contributed by atoms with Crippen LogP contribution < -0.4 is 0 Å². The second-order valence-electron chi connectivity index (χ2n) is 9.33. The third-order valence-corrected chi connectivity index (χ3v) is 7.46. The molecule has 0 unspecified atom stereocenters. The quantitative estimate of drug-likeness (QED) is 0.873. The molecule has 1 saturated heterocycles. The molecule has 4 aliphatic carbocycles. The standard InChI is InChI=1S/C22H28N2O3/c25-19-3-1-18(2-4-19)20(26)23-5-7-24(8-6-23)21(27)22-12-15-9-16(13-22)11-17(10-15)14-22/h1-4,15-17,25H,5-14H2. The molecule has 4 saturated carbocycles. The lowest BCUT2D eigenvalue weighted by molar-refractivity contribution is -0.159. The second kappa shape index (κ2) is 6.25. The number of phenols is 1. The average molecular weight is 368 g/mol. The lowest BCUT2D eigenvalue weighted by Gasteiger charge is -2.57. The molecule has 5 heteroatoms. The number of aromatic hydroxyl groups is 1. The molecule has 1 heterocycles. The molecule has 27 heavy (non-hydrogen) atoms. The summed E-state index contributed by atoms with van der Waals surface area (Å²) in [6, 6.07) is 6.40. The van der Waals surface area contributed by atoms with Crippen LogP contribution in [0.4, 0.5) is 0 Å². The Hall–Kier alpha value is -2.04. The number of nitrogens with zero attached hydrogens (tertiary/aromatic N) is 2. The molecule has 1 N–H and O–H groups in total. The van der Waals surface area contributed by atoms with Crippen LogP contribution in [0.25, 0.3) is 0 Å². The Morgan fingerprint density at radius 2 is 1.30 bits per heavy atom. The maximum atomic E-state index is 13.4. The fourth-order valence-electron chi connectivity index (χ4n) is 6.61. The zero-order chi connectivity index (χ0) is 18.6. The van der Waals surface area contributed by atoms with Crippen molar-refractivity contribution in [2.24, 2.45) is 23.2 Å². The normalized spacial score (nSPS) is 34.7. The molecular weight excluding hydrogens is 340 g/mol. The molecule has 5 nitrogen and oxygen atoms in total. The Morgan fingerprint density at radius 1 is 0.815 bits per heavy atom. The molecule has 4 bridgehead atoms. The summed E-state index contributed by atoms with van der Waals surface area (Å²) in [4.78, 5) is 29.9. The van der Waals surface area contributed by atoms with Gasteiger partial charge in [0, 0.05) is 31.7 Å². The minimum atomic E-state index is -0.0854. The van der Waals surface area contributed by atoms with E-state index >= 15 is 0 Å². The summed E-state index contributed by atoms with van der Waals surface area (Å²) in [7, 11) is 0. The molecule has 0 atom stereocenters. The minimum absolute atomic E-state index is 0.0168. The van der Waals surface area contributed by atoms with Gasteiger partial charge in [-0.25, -0.2) is 0 Å². The highest BCUT2D eigenvalue weighted by molar-refractivity contribution is 5.94. The largest absolute Gasteiger partial charge is 0.508 e. The number of amides is 2. The second-order valence-corrected chi connectivity index (χ2v) is 9.33. The average Bonchev–Trinajstić information content (AvgIpc) is 2.66. The number of hydrogen-bond donors (Lipinski definition) is 1. The van der Waals surface area contributed by atoms with Crippen molar-refractivity contribution in [1.82, 2.24) is 9.80 Å². The van der Waals surface area contributed by atoms with Crippen LogP contribution in [-0.4, -0.2) is 52.9 Å². The lowest BCUT2D eigenvalue weighted by Crippen LogP contribution is -2.58. The molecule has 6 rings (SSSR count). The van der Waals surface area contributed by atoms with Crippen LogP contribution in [0.1, 0.15) is 48.9 Å². The Bertz CT molecular complexity index is 714. The van der Waals surface area contributed by atoms with E-state index in [4.69, 9.17) is 0 Å². The topological polar surface area (TPSA) is 60.9 Å². The molecule has 1 aliphatic heterocycles. The third-order valence-electron chi connectivity index (χ3n) is 7.46. The molecule has 144 valence electrons. The van der Waals surface area contributed by atoms with Crippen molar-refractivity contribution in [2.45, 2.75) is 38.5 Å². The van der Waals surface area contributed by atoms with Gasteiger partial charge in [-0.2, -0.15) is 0 Å². The van der Waals surface area contributed by atoms with Gasteiger partial charge in [0.2, 0.25) is 5.91 Å². The van der Waals surface area contributed by atoms with Crippen LogP contribution in [0.5, 0.6) is 5.75 Å². The van der Waals surface area contributed by atoms with Crippen LogP contribution in [0.15, 0.2) is 24.3 Å². The number of benzene rings is 1. The fourth-order valence-corrected chi connectivity index (χ4v) is 6.61. The Labute approximate surface area is 160 Å². The monoisotopic (exact) mass is 368 g/mol. The predicted molar refractivity (Wildman–Crippen MR) is 101 cm³/mol. The minimum Gasteiger partial charge on any atom is -0.508 e. The van der Waals surface area contributed by atoms with Gasteiger partial charge >= 0.3 is 0 Å². The van der Waals surface area contributed by atoms with Crippen molar-refractivity contribution in [1.29, 1.82) is 0 Å². The summed E-state index contributed by atoms with van der Waals surface area (Å²) >= 11 is 0. The molecular formula is C22H28N2O3. The predicted octanol–water partition coefficient (Wildman–Crippen LogP) is 2.89. The van der Waals surface area contributed by atoms with Gasteiger partial charge < -0.3 is 14.9 Å². The van der Waals surface area contributed by atoms with Gasteiger partial charge in [-0.05, 0) is 80.5 Å². The van der Waals surface area contributed by atoms with Gasteiger partial charge in [-0.1, -0.05) is 0 Å². The van der Waals surface area contributed by atoms with E-state index in [0.717, 1.165) is 37.0 Å². The van der Waals surface area contributed by atoms with E-state index < -0.39 is 0 Å². The van der Waals surface area contributed by atoms with Crippen LogP contribution in [0.2, 0.25) is 0 Å². The Kier molecular flexibility index (Phi) is 3.95. The molecule has 1 aromatic carbocycles. The van der Waals surface area contributed by atoms with Gasteiger partial charge in [0.25, 0.3) is 5.91 Å². The van der Waals surface area contributed by atoms with Crippen molar-refractivity contribution in [3.63, 3.8) is 0 Å². The van der Waals surface area contributed by atoms with E-state index in [1.807, 2.05) is 9.80 Å². The van der Waals surface area contributed by atoms with Crippen LogP contribution in [0, 0.1) is 23.2 Å². The Morgan fingerprint density at radius 3 is 1.81 bits per heavy atom. The summed E-state index contributed by atoms with van der Waals surface area (Å²) in [5.74, 6) is 2.85. The SMILES string of the molecule is O=C(c1ccc(O)cc1)N1CCN(C(=O)C23CC4CC(CC(C4)C2)C3)CC1. The molecule has 1 aromatic rings. The number of piperazine rings is 1. The van der Waals surface area contributed by atoms with Crippen molar-refractivity contribution in [2.75, 3.05) is 26.2 Å². The number of rotatable bonds is 2. The van der Waals surface area contributed by atoms with Crippen LogP contribution >= 0.6 is 0 Å². The summed E-state index contributed by atoms with van der Waals surface area (Å²) in [5, 5.41) is 9.39. The first-order valence-electron chi connectivity index (χ1n) is 10.4. The summed E-state index contributed by atoms with van der Waals surface area (Å²) in [6.45, 7) is 2.48. The Balaban J connectivity index is 1.24. The smallest absolute Gasteiger partial charge is 0.253 e. The maximum absolute atomic E-state index is 13.4. The number of hydrogen-bond acceptors (Lipinski definition) is 3. The van der Waals surface area contributed by atoms with E-state index in [9.17, 15) is 14.7 Å². The van der Waals surface area contributed by atoms with Crippen molar-refractivity contribution in [3.05, 3.63) is 29.8 Å². The highest BCUT2D eigenvalue weighted by Crippen LogP contribution is 2.60. The van der Waals surface area contributed by atoms with Gasteiger partial charge in [-0.15, -0.1) is 0 Å². The van der Waals surface area contributed by atoms with Gasteiger partial charge in [0.05, 0.1) is 5.41 Å². The summed E-state index contributed by atoms with van der Waals surface area (Å²) in [6.07, 6.45) is 7.35. The highest BCUT2D eigenvalue weighted by Gasteiger charge is 2.55. The lowest BCUT2D eigenvalue weighted by atomic mass is 9.49. The van der Waals surface area contributed by atoms with E-state index in [1.54, 1.807) is 24.3 Å². The zero-order valence-corrected chi connectivity index (χ0v) is 15.8.